The Kier molecular flexibility index (Phi) is 3.33. The van der Waals surface area contributed by atoms with Gasteiger partial charge in [0.15, 0.2) is 0 Å². The van der Waals surface area contributed by atoms with Gasteiger partial charge in [0.05, 0.1) is 17.9 Å². The van der Waals surface area contributed by atoms with E-state index in [2.05, 4.69) is 12.1 Å². The second-order valence-electron chi connectivity index (χ2n) is 4.53. The molecule has 3 rings (SSSR count). The van der Waals surface area contributed by atoms with Crippen LogP contribution in [0.25, 0.3) is 10.6 Å². The fourth-order valence-electron chi connectivity index (χ4n) is 2.39. The van der Waals surface area contributed by atoms with Crippen molar-refractivity contribution in [2.75, 3.05) is 6.61 Å². The number of aromatic nitrogens is 1. The Balaban J connectivity index is 2.01. The van der Waals surface area contributed by atoms with Crippen molar-refractivity contribution in [3.8, 4) is 16.3 Å². The molecule has 1 aromatic carbocycles. The van der Waals surface area contributed by atoms with Crippen LogP contribution in [-0.4, -0.2) is 11.6 Å². The first-order valence-electron chi connectivity index (χ1n) is 6.59. The summed E-state index contributed by atoms with van der Waals surface area (Å²) in [7, 11) is 0. The number of benzene rings is 1. The third kappa shape index (κ3) is 2.15. The van der Waals surface area contributed by atoms with Crippen LogP contribution in [-0.2, 0) is 12.8 Å². The Morgan fingerprint density at radius 2 is 2.06 bits per heavy atom. The van der Waals surface area contributed by atoms with Crippen LogP contribution in [0.4, 0.5) is 0 Å². The van der Waals surface area contributed by atoms with Crippen LogP contribution in [0.5, 0.6) is 5.75 Å². The van der Waals surface area contributed by atoms with Gasteiger partial charge in [-0.25, -0.2) is 4.98 Å². The molecule has 18 heavy (non-hydrogen) atoms. The van der Waals surface area contributed by atoms with Gasteiger partial charge in [0.1, 0.15) is 10.8 Å². The lowest BCUT2D eigenvalue weighted by atomic mass is 10.0. The smallest absolute Gasteiger partial charge is 0.129 e. The lowest BCUT2D eigenvalue weighted by molar-refractivity contribution is 0.341. The third-order valence-corrected chi connectivity index (χ3v) is 4.45. The van der Waals surface area contributed by atoms with Gasteiger partial charge in [0.2, 0.25) is 0 Å². The second kappa shape index (κ2) is 5.11. The number of rotatable bonds is 3. The second-order valence-corrected chi connectivity index (χ2v) is 5.61. The van der Waals surface area contributed by atoms with E-state index in [1.54, 1.807) is 0 Å². The van der Waals surface area contributed by atoms with Crippen LogP contribution in [0, 0.1) is 0 Å². The zero-order valence-corrected chi connectivity index (χ0v) is 11.4. The van der Waals surface area contributed by atoms with Gasteiger partial charge in [-0.15, -0.1) is 11.3 Å². The van der Waals surface area contributed by atoms with E-state index >= 15 is 0 Å². The number of nitrogens with zero attached hydrogens (tertiary/aromatic N) is 1. The lowest BCUT2D eigenvalue weighted by Gasteiger charge is -2.07. The van der Waals surface area contributed by atoms with Crippen molar-refractivity contribution < 1.29 is 4.74 Å². The summed E-state index contributed by atoms with van der Waals surface area (Å²) in [5, 5.41) is 1.12. The predicted molar refractivity (Wildman–Crippen MR) is 75.4 cm³/mol. The Labute approximate surface area is 112 Å². The highest BCUT2D eigenvalue weighted by molar-refractivity contribution is 7.15. The van der Waals surface area contributed by atoms with E-state index in [0.717, 1.165) is 22.7 Å². The van der Waals surface area contributed by atoms with Gasteiger partial charge < -0.3 is 4.74 Å². The molecule has 0 spiro atoms. The fourth-order valence-corrected chi connectivity index (χ4v) is 3.57. The molecular weight excluding hydrogens is 242 g/mol. The minimum absolute atomic E-state index is 0.697. The molecule has 0 saturated carbocycles. The highest BCUT2D eigenvalue weighted by atomic mass is 32.1. The molecule has 2 aromatic rings. The Morgan fingerprint density at radius 1 is 1.22 bits per heavy atom. The Hall–Kier alpha value is -1.35. The molecule has 1 aliphatic carbocycles. The van der Waals surface area contributed by atoms with Crippen LogP contribution in [0.3, 0.4) is 0 Å². The highest BCUT2D eigenvalue weighted by Gasteiger charge is 2.17. The quantitative estimate of drug-likeness (QED) is 0.828. The van der Waals surface area contributed by atoms with Crippen molar-refractivity contribution in [3.63, 3.8) is 0 Å². The predicted octanol–water partition coefficient (Wildman–Crippen LogP) is 4.09. The zero-order chi connectivity index (χ0) is 12.4. The Morgan fingerprint density at radius 3 is 2.89 bits per heavy atom. The minimum atomic E-state index is 0.697. The average molecular weight is 259 g/mol. The van der Waals surface area contributed by atoms with Gasteiger partial charge >= 0.3 is 0 Å². The molecule has 1 aromatic heterocycles. The molecule has 0 bridgehead atoms. The molecule has 2 nitrogen and oxygen atoms in total. The molecular formula is C15H17NOS. The lowest BCUT2D eigenvalue weighted by Crippen LogP contribution is -1.99. The first-order chi connectivity index (χ1) is 8.88. The molecule has 94 valence electrons. The number of thiazole rings is 1. The normalized spacial score (nSPS) is 14.3. The fraction of sp³-hybridized carbons (Fsp3) is 0.400. The Bertz CT molecular complexity index is 524. The number of ether oxygens (including phenoxy) is 1. The van der Waals surface area contributed by atoms with Crippen molar-refractivity contribution >= 4 is 11.3 Å². The SMILES string of the molecule is CCOc1ccccc1-c1nc2c(s1)CCCC2. The van der Waals surface area contributed by atoms with Crippen LogP contribution < -0.4 is 4.74 Å². The summed E-state index contributed by atoms with van der Waals surface area (Å²) >= 11 is 1.84. The van der Waals surface area contributed by atoms with E-state index in [9.17, 15) is 0 Å². The topological polar surface area (TPSA) is 22.1 Å². The number of hydrogen-bond donors (Lipinski definition) is 0. The van der Waals surface area contributed by atoms with Crippen molar-refractivity contribution in [3.05, 3.63) is 34.8 Å². The van der Waals surface area contributed by atoms with Crippen LogP contribution in [0.2, 0.25) is 0 Å². The standard InChI is InChI=1S/C15H17NOS/c1-2-17-13-9-5-3-7-11(13)15-16-12-8-4-6-10-14(12)18-15/h3,5,7,9H,2,4,6,8,10H2,1H3. The van der Waals surface area contributed by atoms with Gasteiger partial charge in [-0.2, -0.15) is 0 Å². The molecule has 0 radical (unpaired) electrons. The van der Waals surface area contributed by atoms with Gasteiger partial charge in [0.25, 0.3) is 0 Å². The third-order valence-electron chi connectivity index (χ3n) is 3.26. The largest absolute Gasteiger partial charge is 0.493 e. The van der Waals surface area contributed by atoms with Crippen LogP contribution >= 0.6 is 11.3 Å². The molecule has 0 atom stereocenters. The maximum absolute atomic E-state index is 5.69. The van der Waals surface area contributed by atoms with Crippen LogP contribution in [0.15, 0.2) is 24.3 Å². The van der Waals surface area contributed by atoms with Gasteiger partial charge in [-0.05, 0) is 44.7 Å². The molecule has 0 unspecified atom stereocenters. The maximum Gasteiger partial charge on any atom is 0.129 e. The number of aryl methyl sites for hydroxylation is 2. The summed E-state index contributed by atoms with van der Waals surface area (Å²) in [5.74, 6) is 0.950. The molecule has 0 N–H and O–H groups in total. The van der Waals surface area contributed by atoms with Crippen molar-refractivity contribution in [2.45, 2.75) is 32.6 Å². The number of hydrogen-bond acceptors (Lipinski definition) is 3. The summed E-state index contributed by atoms with van der Waals surface area (Å²) in [4.78, 5) is 6.28. The molecule has 0 saturated heterocycles. The van der Waals surface area contributed by atoms with E-state index in [1.807, 2.05) is 30.4 Å². The number of para-hydroxylation sites is 1. The van der Waals surface area contributed by atoms with E-state index in [0.29, 0.717) is 6.61 Å². The maximum atomic E-state index is 5.69. The summed E-state index contributed by atoms with van der Waals surface area (Å²) in [5.41, 5.74) is 2.45. The molecule has 1 aliphatic rings. The summed E-state index contributed by atoms with van der Waals surface area (Å²) in [6, 6.07) is 8.20. The van der Waals surface area contributed by atoms with Crippen molar-refractivity contribution in [2.24, 2.45) is 0 Å². The van der Waals surface area contributed by atoms with Gasteiger partial charge in [0, 0.05) is 4.88 Å². The molecule has 1 heterocycles. The summed E-state index contributed by atoms with van der Waals surface area (Å²) < 4.78 is 5.69. The van der Waals surface area contributed by atoms with Gasteiger partial charge in [-0.3, -0.25) is 0 Å². The van der Waals surface area contributed by atoms with E-state index in [-0.39, 0.29) is 0 Å². The summed E-state index contributed by atoms with van der Waals surface area (Å²) in [6.07, 6.45) is 4.93. The molecule has 3 heteroatoms. The van der Waals surface area contributed by atoms with Gasteiger partial charge in [-0.1, -0.05) is 12.1 Å². The van der Waals surface area contributed by atoms with Crippen molar-refractivity contribution in [1.29, 1.82) is 0 Å². The number of fused-ring (bicyclic) bond motifs is 1. The first kappa shape index (κ1) is 11.7. The molecule has 0 aliphatic heterocycles. The van der Waals surface area contributed by atoms with Crippen LogP contribution in [0.1, 0.15) is 30.3 Å². The highest BCUT2D eigenvalue weighted by Crippen LogP contribution is 2.36. The molecule has 0 amide bonds. The summed E-state index contributed by atoms with van der Waals surface area (Å²) in [6.45, 7) is 2.71. The van der Waals surface area contributed by atoms with E-state index in [1.165, 1.54) is 29.8 Å². The zero-order valence-electron chi connectivity index (χ0n) is 10.6. The minimum Gasteiger partial charge on any atom is -0.493 e. The van der Waals surface area contributed by atoms with E-state index in [4.69, 9.17) is 9.72 Å². The average Bonchev–Trinajstić information content (AvgIpc) is 2.83. The molecule has 0 fully saturated rings. The van der Waals surface area contributed by atoms with E-state index < -0.39 is 0 Å². The monoisotopic (exact) mass is 259 g/mol. The first-order valence-corrected chi connectivity index (χ1v) is 7.41. The van der Waals surface area contributed by atoms with Crippen molar-refractivity contribution in [1.82, 2.24) is 4.98 Å².